The van der Waals surface area contributed by atoms with Crippen molar-refractivity contribution in [1.29, 1.82) is 0 Å². The number of hydrogen-bond donors (Lipinski definition) is 3. The molecule has 1 saturated heterocycles. The van der Waals surface area contributed by atoms with Crippen LogP contribution in [0.5, 0.6) is 0 Å². The Balaban J connectivity index is 0.00000136. The molecule has 4 N–H and O–H groups in total. The van der Waals surface area contributed by atoms with E-state index >= 15 is 0 Å². The summed E-state index contributed by atoms with van der Waals surface area (Å²) < 4.78 is 19.9. The SMILES string of the molecule is CC.CC1(C)CCN(S(=O)c2ccc(NC(=O)c3ccc([NH2+]O)o3)cc2)CC1. The molecule has 1 amide bonds. The predicted molar refractivity (Wildman–Crippen MR) is 109 cm³/mol. The molecule has 1 aliphatic heterocycles. The van der Waals surface area contributed by atoms with E-state index in [1.807, 2.05) is 18.2 Å². The summed E-state index contributed by atoms with van der Waals surface area (Å²) in [5.41, 5.74) is 1.69. The van der Waals surface area contributed by atoms with Crippen LogP contribution in [0.4, 0.5) is 11.6 Å². The molecule has 0 spiro atoms. The second-order valence-electron chi connectivity index (χ2n) is 7.15. The molecule has 1 unspecified atom stereocenters. The van der Waals surface area contributed by atoms with Gasteiger partial charge in [0.1, 0.15) is 11.0 Å². The van der Waals surface area contributed by atoms with Crippen LogP contribution < -0.4 is 10.8 Å². The Kier molecular flexibility index (Phi) is 7.94. The van der Waals surface area contributed by atoms with Gasteiger partial charge < -0.3 is 9.73 Å². The van der Waals surface area contributed by atoms with Crippen molar-refractivity contribution in [1.82, 2.24) is 4.31 Å². The molecule has 2 heterocycles. The fraction of sp³-hybridized carbons (Fsp3) is 0.450. The highest BCUT2D eigenvalue weighted by molar-refractivity contribution is 7.82. The molecule has 8 heteroatoms. The van der Waals surface area contributed by atoms with Gasteiger partial charge in [-0.3, -0.25) is 4.79 Å². The van der Waals surface area contributed by atoms with Gasteiger partial charge in [-0.1, -0.05) is 27.7 Å². The lowest BCUT2D eigenvalue weighted by molar-refractivity contribution is -0.833. The summed E-state index contributed by atoms with van der Waals surface area (Å²) in [5.74, 6) is -0.0928. The van der Waals surface area contributed by atoms with Crippen molar-refractivity contribution >= 4 is 28.5 Å². The van der Waals surface area contributed by atoms with Crippen LogP contribution in [-0.4, -0.2) is 32.7 Å². The van der Waals surface area contributed by atoms with E-state index in [-0.39, 0.29) is 11.6 Å². The first-order chi connectivity index (χ1) is 13.4. The number of piperidine rings is 1. The molecule has 0 radical (unpaired) electrons. The Morgan fingerprint density at radius 2 is 1.75 bits per heavy atom. The van der Waals surface area contributed by atoms with Crippen LogP contribution >= 0.6 is 0 Å². The zero-order chi connectivity index (χ0) is 20.7. The highest BCUT2D eigenvalue weighted by atomic mass is 32.2. The number of hydrogen-bond acceptors (Lipinski definition) is 4. The molecule has 0 saturated carbocycles. The lowest BCUT2D eigenvalue weighted by Gasteiger charge is -2.35. The average molecular weight is 409 g/mol. The first-order valence-electron chi connectivity index (χ1n) is 9.53. The van der Waals surface area contributed by atoms with Crippen molar-refractivity contribution < 1.29 is 24.1 Å². The number of benzene rings is 1. The maximum Gasteiger partial charge on any atom is 0.326 e. The van der Waals surface area contributed by atoms with Gasteiger partial charge in [0.05, 0.1) is 4.90 Å². The van der Waals surface area contributed by atoms with E-state index in [9.17, 15) is 9.00 Å². The number of furan rings is 1. The number of nitrogens with zero attached hydrogens (tertiary/aromatic N) is 1. The maximum absolute atomic E-state index is 12.7. The third-order valence-electron chi connectivity index (χ3n) is 4.60. The van der Waals surface area contributed by atoms with Gasteiger partial charge in [0.25, 0.3) is 5.91 Å². The van der Waals surface area contributed by atoms with E-state index in [0.29, 0.717) is 11.1 Å². The fourth-order valence-electron chi connectivity index (χ4n) is 2.80. The number of carbonyl (C=O) groups is 1. The molecular weight excluding hydrogens is 378 g/mol. The molecule has 1 aromatic heterocycles. The van der Waals surface area contributed by atoms with E-state index in [1.54, 1.807) is 24.3 Å². The summed E-state index contributed by atoms with van der Waals surface area (Å²) in [6.45, 7) is 10.1. The number of quaternary nitrogens is 1. The predicted octanol–water partition coefficient (Wildman–Crippen LogP) is 3.29. The van der Waals surface area contributed by atoms with Crippen LogP contribution in [-0.2, 0) is 11.0 Å². The van der Waals surface area contributed by atoms with Gasteiger partial charge in [-0.25, -0.2) is 13.7 Å². The monoisotopic (exact) mass is 408 g/mol. The van der Waals surface area contributed by atoms with Crippen molar-refractivity contribution in [3.63, 3.8) is 0 Å². The first-order valence-corrected chi connectivity index (χ1v) is 10.6. The van der Waals surface area contributed by atoms with Crippen molar-refractivity contribution in [2.75, 3.05) is 18.4 Å². The molecule has 3 rings (SSSR count). The first kappa shape index (κ1) is 22.3. The van der Waals surface area contributed by atoms with Crippen molar-refractivity contribution in [3.8, 4) is 0 Å². The summed E-state index contributed by atoms with van der Waals surface area (Å²) in [4.78, 5) is 12.8. The Labute approximate surface area is 168 Å². The van der Waals surface area contributed by atoms with Gasteiger partial charge in [0.15, 0.2) is 5.76 Å². The van der Waals surface area contributed by atoms with Crippen LogP contribution in [0.3, 0.4) is 0 Å². The molecular formula is C20H30N3O4S+. The van der Waals surface area contributed by atoms with Gasteiger partial charge in [-0.15, -0.1) is 5.48 Å². The average Bonchev–Trinajstić information content (AvgIpc) is 3.19. The van der Waals surface area contributed by atoms with Crippen LogP contribution in [0.2, 0.25) is 0 Å². The summed E-state index contributed by atoms with van der Waals surface area (Å²) in [6.07, 6.45) is 2.06. The molecule has 1 aliphatic rings. The molecule has 1 fully saturated rings. The van der Waals surface area contributed by atoms with Crippen LogP contribution in [0, 0.1) is 5.41 Å². The highest BCUT2D eigenvalue weighted by Crippen LogP contribution is 2.31. The molecule has 0 aliphatic carbocycles. The van der Waals surface area contributed by atoms with Gasteiger partial charge in [-0.2, -0.15) is 0 Å². The zero-order valence-corrected chi connectivity index (χ0v) is 17.7. The van der Waals surface area contributed by atoms with E-state index in [2.05, 4.69) is 19.2 Å². The standard InChI is InChI=1S/C18H23N3O4S.C2H6/c1-18(2)9-11-21(12-10-18)26(24)14-5-3-13(4-6-14)19-17(22)15-7-8-16(20-23)25-15;1-2/h3-8,20,23H,9-12H2,1-2H3,(H,19,22);1-2H3/p+1. The van der Waals surface area contributed by atoms with E-state index in [0.717, 1.165) is 36.3 Å². The minimum atomic E-state index is -1.19. The topological polar surface area (TPSA) is 99.4 Å². The summed E-state index contributed by atoms with van der Waals surface area (Å²) in [7, 11) is -1.19. The van der Waals surface area contributed by atoms with Gasteiger partial charge in [0, 0.05) is 24.8 Å². The summed E-state index contributed by atoms with van der Waals surface area (Å²) in [6, 6.07) is 9.96. The maximum atomic E-state index is 12.7. The zero-order valence-electron chi connectivity index (χ0n) is 16.9. The second-order valence-corrected chi connectivity index (χ2v) is 8.64. The molecule has 0 bridgehead atoms. The van der Waals surface area contributed by atoms with E-state index in [1.165, 1.54) is 12.1 Å². The quantitative estimate of drug-likeness (QED) is 0.661. The largest absolute Gasteiger partial charge is 0.405 e. The van der Waals surface area contributed by atoms with Crippen LogP contribution in [0.25, 0.3) is 0 Å². The normalized spacial score (nSPS) is 17.3. The Bertz CT molecular complexity index is 792. The minimum Gasteiger partial charge on any atom is -0.405 e. The van der Waals surface area contributed by atoms with E-state index < -0.39 is 16.9 Å². The second kappa shape index (κ2) is 9.97. The Hall–Kier alpha value is -2.00. The number of nitrogens with two attached hydrogens (primary N) is 1. The smallest absolute Gasteiger partial charge is 0.326 e. The number of carbonyl (C=O) groups excluding carboxylic acids is 1. The molecule has 7 nitrogen and oxygen atoms in total. The minimum absolute atomic E-state index is 0.105. The fourth-order valence-corrected chi connectivity index (χ4v) is 3.98. The molecule has 154 valence electrons. The molecule has 1 aromatic carbocycles. The van der Waals surface area contributed by atoms with Crippen molar-refractivity contribution in [2.45, 2.75) is 45.4 Å². The number of rotatable bonds is 5. The number of amides is 1. The molecule has 1 atom stereocenters. The van der Waals surface area contributed by atoms with E-state index in [4.69, 9.17) is 9.62 Å². The highest BCUT2D eigenvalue weighted by Gasteiger charge is 2.28. The molecule has 2 aromatic rings. The number of anilines is 1. The lowest BCUT2D eigenvalue weighted by Crippen LogP contribution is -2.73. The van der Waals surface area contributed by atoms with Gasteiger partial charge in [0.2, 0.25) is 0 Å². The van der Waals surface area contributed by atoms with Gasteiger partial charge in [-0.05, 0) is 48.6 Å². The third-order valence-corrected chi connectivity index (χ3v) is 6.11. The summed E-state index contributed by atoms with van der Waals surface area (Å²) >= 11 is 0. The Morgan fingerprint density at radius 1 is 1.14 bits per heavy atom. The number of nitrogens with one attached hydrogen (secondary N) is 1. The molecule has 28 heavy (non-hydrogen) atoms. The Morgan fingerprint density at radius 3 is 2.29 bits per heavy atom. The third kappa shape index (κ3) is 5.75. The van der Waals surface area contributed by atoms with Crippen molar-refractivity contribution in [2.24, 2.45) is 5.41 Å². The van der Waals surface area contributed by atoms with Gasteiger partial charge >= 0.3 is 5.88 Å². The lowest BCUT2D eigenvalue weighted by atomic mass is 9.83. The summed E-state index contributed by atoms with van der Waals surface area (Å²) in [5, 5.41) is 11.6. The van der Waals surface area contributed by atoms with Crippen LogP contribution in [0.1, 0.15) is 51.1 Å². The van der Waals surface area contributed by atoms with Crippen molar-refractivity contribution in [3.05, 3.63) is 42.2 Å². The van der Waals surface area contributed by atoms with Crippen LogP contribution in [0.15, 0.2) is 45.7 Å².